The number of hydrogen-bond acceptors (Lipinski definition) is 12. The number of benzene rings is 3. The van der Waals surface area contributed by atoms with Crippen LogP contribution >= 0.6 is 0 Å². The smallest absolute Gasteiger partial charge is 0.172 e. The fourth-order valence-electron chi connectivity index (χ4n) is 7.72. The van der Waals surface area contributed by atoms with E-state index in [0.29, 0.717) is 19.3 Å². The number of Topliss-reactive ketones (excluding diaryl/α,β-unsaturated/α-hetero) is 3. The van der Waals surface area contributed by atoms with Crippen molar-refractivity contribution in [2.75, 3.05) is 0 Å². The number of ketones is 3. The zero-order valence-electron chi connectivity index (χ0n) is 40.4. The first-order valence-corrected chi connectivity index (χ1v) is 24.7. The lowest BCUT2D eigenvalue weighted by Crippen LogP contribution is -2.23. The Morgan fingerprint density at radius 3 is 0.894 bits per heavy atom. The van der Waals surface area contributed by atoms with E-state index >= 15 is 0 Å². The number of unbranched alkanes of at least 4 members (excludes halogenated alkanes) is 15. The lowest BCUT2D eigenvalue weighted by atomic mass is 10.1. The summed E-state index contributed by atoms with van der Waals surface area (Å²) in [4.78, 5) is 52.6. The summed E-state index contributed by atoms with van der Waals surface area (Å²) in [5.74, 6) is 0.186. The summed E-state index contributed by atoms with van der Waals surface area (Å²) in [7, 11) is 0. The molecule has 4 rings (SSSR count). The SMILES string of the molecule is CCCCCCCCC(=O)C(C)Oc1ccc(-c2nc(-c3ccc(OC(C)C(=O)CCCCCCCC)cc3O)nc(-c3ccc(OC(C)C(=O)CCCCCCCC)cc3O)n2)c(O)c1. The molecule has 3 N–H and O–H groups in total. The standard InChI is InChI=1S/C54H75N3O9/c1-7-10-13-16-19-22-25-46(58)37(4)64-40-28-31-43(49(61)34-40)52-55-53(44-32-29-41(35-50(44)62)65-38(5)47(59)26-23-20-17-14-11-8-2)57-54(56-52)45-33-30-42(36-51(45)63)66-39(6)48(60)27-24-21-18-15-12-9-3/h28-39,61-63H,7-27H2,1-6H3. The fraction of sp³-hybridized carbons (Fsp3) is 0.556. The number of hydrogen-bond donors (Lipinski definition) is 3. The van der Waals surface area contributed by atoms with Gasteiger partial charge in [-0.05, 0) is 76.4 Å². The number of aromatic hydroxyl groups is 3. The monoisotopic (exact) mass is 910 g/mol. The van der Waals surface area contributed by atoms with Gasteiger partial charge in [-0.15, -0.1) is 0 Å². The molecule has 12 heteroatoms. The van der Waals surface area contributed by atoms with Crippen LogP contribution in [0.3, 0.4) is 0 Å². The Labute approximate surface area is 393 Å². The molecule has 0 amide bonds. The second-order valence-corrected chi connectivity index (χ2v) is 17.6. The van der Waals surface area contributed by atoms with Crippen LogP contribution in [0.25, 0.3) is 34.2 Å². The first kappa shape index (κ1) is 53.1. The average molecular weight is 910 g/mol. The van der Waals surface area contributed by atoms with Crippen LogP contribution in [0.5, 0.6) is 34.5 Å². The molecule has 1 heterocycles. The Balaban J connectivity index is 1.58. The van der Waals surface area contributed by atoms with E-state index in [2.05, 4.69) is 35.7 Å². The molecule has 12 nitrogen and oxygen atoms in total. The number of ether oxygens (including phenoxy) is 3. The Hall–Kier alpha value is -5.52. The Kier molecular flexibility index (Phi) is 22.9. The maximum atomic E-state index is 12.9. The van der Waals surface area contributed by atoms with Crippen molar-refractivity contribution in [2.24, 2.45) is 0 Å². The first-order chi connectivity index (χ1) is 31.8. The van der Waals surface area contributed by atoms with E-state index in [1.165, 1.54) is 76.0 Å². The van der Waals surface area contributed by atoms with Gasteiger partial charge >= 0.3 is 0 Å². The predicted octanol–water partition coefficient (Wildman–Crippen LogP) is 13.3. The van der Waals surface area contributed by atoms with E-state index in [4.69, 9.17) is 14.2 Å². The number of carbonyl (C=O) groups is 3. The van der Waals surface area contributed by atoms with Crippen LogP contribution in [0, 0.1) is 0 Å². The molecule has 360 valence electrons. The Bertz CT molecular complexity index is 1890. The van der Waals surface area contributed by atoms with Crippen molar-refractivity contribution in [3.05, 3.63) is 54.6 Å². The summed E-state index contributed by atoms with van der Waals surface area (Å²) in [5, 5.41) is 34.1. The topological polar surface area (TPSA) is 178 Å². The third kappa shape index (κ3) is 17.4. The maximum absolute atomic E-state index is 12.9. The summed E-state index contributed by atoms with van der Waals surface area (Å²) in [6.45, 7) is 11.6. The van der Waals surface area contributed by atoms with Gasteiger partial charge in [0.2, 0.25) is 0 Å². The normalized spacial score (nSPS) is 12.6. The van der Waals surface area contributed by atoms with Crippen LogP contribution in [0.1, 0.15) is 176 Å². The molecule has 0 saturated heterocycles. The van der Waals surface area contributed by atoms with E-state index in [1.54, 1.807) is 57.2 Å². The summed E-state index contributed by atoms with van der Waals surface area (Å²) in [6.07, 6.45) is 18.4. The highest BCUT2D eigenvalue weighted by atomic mass is 16.5. The molecule has 0 fully saturated rings. The molecule has 0 saturated carbocycles. The van der Waals surface area contributed by atoms with E-state index < -0.39 is 18.3 Å². The third-order valence-corrected chi connectivity index (χ3v) is 11.9. The van der Waals surface area contributed by atoms with Gasteiger partial charge < -0.3 is 29.5 Å². The molecule has 3 atom stereocenters. The number of carbonyl (C=O) groups excluding carboxylic acids is 3. The van der Waals surface area contributed by atoms with E-state index in [-0.39, 0.29) is 86.0 Å². The van der Waals surface area contributed by atoms with Gasteiger partial charge in [-0.25, -0.2) is 15.0 Å². The van der Waals surface area contributed by atoms with Crippen molar-refractivity contribution in [2.45, 2.75) is 195 Å². The van der Waals surface area contributed by atoms with Crippen LogP contribution in [0.2, 0.25) is 0 Å². The fourth-order valence-corrected chi connectivity index (χ4v) is 7.72. The van der Waals surface area contributed by atoms with Crippen LogP contribution in [-0.4, -0.2) is 65.9 Å². The molecule has 0 spiro atoms. The highest BCUT2D eigenvalue weighted by Gasteiger charge is 2.22. The first-order valence-electron chi connectivity index (χ1n) is 24.7. The molecule has 66 heavy (non-hydrogen) atoms. The number of rotatable bonds is 33. The minimum absolute atomic E-state index is 0.0169. The maximum Gasteiger partial charge on any atom is 0.172 e. The molecule has 0 bridgehead atoms. The summed E-state index contributed by atoms with van der Waals surface area (Å²) < 4.78 is 17.8. The predicted molar refractivity (Wildman–Crippen MR) is 260 cm³/mol. The van der Waals surface area contributed by atoms with Gasteiger partial charge in [0, 0.05) is 37.5 Å². The van der Waals surface area contributed by atoms with Gasteiger partial charge in [0.15, 0.2) is 53.1 Å². The molecule has 3 aromatic carbocycles. The summed E-state index contributed by atoms with van der Waals surface area (Å²) in [6, 6.07) is 13.7. The number of phenols is 3. The average Bonchev–Trinajstić information content (AvgIpc) is 3.29. The summed E-state index contributed by atoms with van der Waals surface area (Å²) >= 11 is 0. The molecule has 0 aliphatic carbocycles. The second-order valence-electron chi connectivity index (χ2n) is 17.6. The number of phenolic OH excluding ortho intramolecular Hbond substituents is 3. The van der Waals surface area contributed by atoms with Crippen molar-refractivity contribution in [3.63, 3.8) is 0 Å². The third-order valence-electron chi connectivity index (χ3n) is 11.9. The lowest BCUT2D eigenvalue weighted by Gasteiger charge is -2.16. The Morgan fingerprint density at radius 1 is 0.409 bits per heavy atom. The minimum atomic E-state index is -0.714. The molecule has 1 aromatic heterocycles. The van der Waals surface area contributed by atoms with Crippen molar-refractivity contribution < 1.29 is 43.9 Å². The van der Waals surface area contributed by atoms with Crippen LogP contribution in [0.4, 0.5) is 0 Å². The molecule has 0 aliphatic heterocycles. The second kappa shape index (κ2) is 28.5. The largest absolute Gasteiger partial charge is 0.507 e. The van der Waals surface area contributed by atoms with Crippen LogP contribution < -0.4 is 14.2 Å². The Morgan fingerprint density at radius 2 is 0.652 bits per heavy atom. The van der Waals surface area contributed by atoms with Gasteiger partial charge in [-0.3, -0.25) is 14.4 Å². The minimum Gasteiger partial charge on any atom is -0.507 e. The van der Waals surface area contributed by atoms with Crippen molar-refractivity contribution in [1.29, 1.82) is 0 Å². The van der Waals surface area contributed by atoms with Gasteiger partial charge in [-0.2, -0.15) is 0 Å². The van der Waals surface area contributed by atoms with Crippen molar-refractivity contribution >= 4 is 17.3 Å². The van der Waals surface area contributed by atoms with E-state index in [9.17, 15) is 29.7 Å². The number of aromatic nitrogens is 3. The van der Waals surface area contributed by atoms with Gasteiger partial charge in [-0.1, -0.05) is 117 Å². The van der Waals surface area contributed by atoms with Crippen LogP contribution in [0.15, 0.2) is 54.6 Å². The van der Waals surface area contributed by atoms with Gasteiger partial charge in [0.05, 0.1) is 16.7 Å². The van der Waals surface area contributed by atoms with E-state index in [0.717, 1.165) is 57.8 Å². The molecule has 0 radical (unpaired) electrons. The summed E-state index contributed by atoms with van der Waals surface area (Å²) in [5.41, 5.74) is 0.604. The molecule has 3 unspecified atom stereocenters. The molecule has 4 aromatic rings. The quantitative estimate of drug-likeness (QED) is 0.0386. The molecule has 0 aliphatic rings. The molecular formula is C54H75N3O9. The zero-order chi connectivity index (χ0) is 47.8. The highest BCUT2D eigenvalue weighted by Crippen LogP contribution is 2.38. The van der Waals surface area contributed by atoms with Crippen molar-refractivity contribution in [1.82, 2.24) is 15.0 Å². The van der Waals surface area contributed by atoms with Crippen molar-refractivity contribution in [3.8, 4) is 68.7 Å². The number of nitrogens with zero attached hydrogens (tertiary/aromatic N) is 3. The van der Waals surface area contributed by atoms with Gasteiger partial charge in [0.25, 0.3) is 0 Å². The van der Waals surface area contributed by atoms with E-state index in [1.807, 2.05) is 0 Å². The zero-order valence-corrected chi connectivity index (χ0v) is 40.4. The highest BCUT2D eigenvalue weighted by molar-refractivity contribution is 5.84. The van der Waals surface area contributed by atoms with Gasteiger partial charge in [0.1, 0.15) is 34.5 Å². The lowest BCUT2D eigenvalue weighted by molar-refractivity contribution is -0.125. The van der Waals surface area contributed by atoms with Crippen LogP contribution in [-0.2, 0) is 14.4 Å². The molecular weight excluding hydrogens is 835 g/mol.